The first-order chi connectivity index (χ1) is 49.3. The molecule has 0 spiro atoms. The Kier molecular flexibility index (Phi) is 14.1. The molecule has 14 aromatic carbocycles. The molecule has 7 heteroatoms. The highest BCUT2D eigenvalue weighted by Gasteiger charge is 2.46. The van der Waals surface area contributed by atoms with Gasteiger partial charge >= 0.3 is 0 Å². The average Bonchev–Trinajstić information content (AvgIpc) is 1.23. The number of para-hydroxylation sites is 7. The first-order valence-electron chi connectivity index (χ1n) is 34.9. The summed E-state index contributed by atoms with van der Waals surface area (Å²) in [5.41, 5.74) is 29.0. The summed E-state index contributed by atoms with van der Waals surface area (Å²) in [6.45, 7) is 22.2. The van der Waals surface area contributed by atoms with Gasteiger partial charge in [0.1, 0.15) is 0 Å². The van der Waals surface area contributed by atoms with Crippen LogP contribution in [0, 0.1) is 17.9 Å². The normalized spacial score (nSPS) is 12.6. The summed E-state index contributed by atoms with van der Waals surface area (Å²) < 4.78 is 4.89. The van der Waals surface area contributed by atoms with Crippen LogP contribution in [0.3, 0.4) is 0 Å². The van der Waals surface area contributed by atoms with E-state index in [-0.39, 0.29) is 17.5 Å². The number of hydrogen-bond acceptors (Lipinski definition) is 3. The van der Waals surface area contributed by atoms with Crippen LogP contribution in [0.4, 0.5) is 39.8 Å². The minimum Gasteiger partial charge on any atom is -0.310 e. The Morgan fingerprint density at radius 1 is 0.337 bits per heavy atom. The van der Waals surface area contributed by atoms with E-state index in [2.05, 4.69) is 357 Å². The highest BCUT2D eigenvalue weighted by atomic mass is 15.2. The first kappa shape index (κ1) is 60.7. The van der Waals surface area contributed by atoms with E-state index < -0.39 is 0 Å². The van der Waals surface area contributed by atoms with Gasteiger partial charge in [-0.3, -0.25) is 0 Å². The van der Waals surface area contributed by atoms with Crippen LogP contribution in [0.1, 0.15) is 58.2 Å². The number of anilines is 6. The van der Waals surface area contributed by atoms with Crippen LogP contribution in [0.25, 0.3) is 115 Å². The quantitative estimate of drug-likeness (QED) is 0.107. The fourth-order valence-corrected chi connectivity index (χ4v) is 16.3. The standard InChI is InChI=1S/C94H69BN6/c1-93(2,3)65-32-23-30-61(53-65)70-40-25-42-77(69-34-12-11-29-63(69)59-96)91(70)100-86-57-67(98-82-45-19-14-36-73(82)74-37-15-20-46-83(74)98)49-51-79(86)95-80-52-50-68(99-84-47-21-16-38-75(84)76-39-17-22-48-85(76)99)58-87(80)101(89-56-64(55-88(100)90(89)95)60-27-9-8-10-28-60)92-71(62-31-24-33-66(54-62)94(4,5)6)41-26-43-78(92)72-35-13-18-44-81(72)97-7/h8-58H,1-6H3. The van der Waals surface area contributed by atoms with E-state index in [1.54, 1.807) is 0 Å². The molecule has 4 heterocycles. The fourth-order valence-electron chi connectivity index (χ4n) is 16.3. The molecule has 0 fully saturated rings. The number of aromatic nitrogens is 2. The third kappa shape index (κ3) is 9.75. The van der Waals surface area contributed by atoms with Gasteiger partial charge in [-0.15, -0.1) is 0 Å². The molecule has 478 valence electrons. The number of benzene rings is 14. The number of fused-ring (bicyclic) bond motifs is 10. The number of hydrogen-bond donors (Lipinski definition) is 0. The van der Waals surface area contributed by atoms with Gasteiger partial charge in [-0.25, -0.2) is 4.85 Å². The molecule has 0 unspecified atom stereocenters. The summed E-state index contributed by atoms with van der Waals surface area (Å²) in [6.07, 6.45) is 0. The zero-order valence-corrected chi connectivity index (χ0v) is 57.2. The molecular formula is C94H69BN6. The SMILES string of the molecule is [C-]#[N+]c1ccccc1-c1cccc(-c2cccc(C(C)(C)C)c2)c1N1c2cc(-n3c4ccccc4c4ccccc43)ccc2B2c3ccc(-n4c5ccccc5c5ccccc54)cc3N(c3c(-c4cccc(C(C)(C)C)c4)cccc3-c3ccccc3C#N)c3cc(-c4ccccc4)cc1c32. The molecule has 2 aliphatic heterocycles. The molecule has 0 amide bonds. The highest BCUT2D eigenvalue weighted by Crippen LogP contribution is 2.55. The van der Waals surface area contributed by atoms with Crippen LogP contribution in [0.15, 0.2) is 309 Å². The summed E-state index contributed by atoms with van der Waals surface area (Å²) in [7, 11) is 0. The van der Waals surface area contributed by atoms with E-state index in [9.17, 15) is 5.26 Å². The van der Waals surface area contributed by atoms with Crippen molar-refractivity contribution in [2.24, 2.45) is 0 Å². The molecule has 0 N–H and O–H groups in total. The summed E-state index contributed by atoms with van der Waals surface area (Å²) >= 11 is 0. The van der Waals surface area contributed by atoms with E-state index in [0.29, 0.717) is 11.3 Å². The third-order valence-electron chi connectivity index (χ3n) is 21.1. The summed E-state index contributed by atoms with van der Waals surface area (Å²) in [6, 6.07) is 116. The van der Waals surface area contributed by atoms with Crippen molar-refractivity contribution >= 4 is 107 Å². The molecule has 2 aromatic heterocycles. The summed E-state index contributed by atoms with van der Waals surface area (Å²) in [5.74, 6) is 0. The molecule has 0 aliphatic carbocycles. The zero-order valence-electron chi connectivity index (χ0n) is 57.2. The van der Waals surface area contributed by atoms with Crippen molar-refractivity contribution in [2.45, 2.75) is 52.4 Å². The van der Waals surface area contributed by atoms with Gasteiger partial charge in [0.05, 0.1) is 51.6 Å². The van der Waals surface area contributed by atoms with Gasteiger partial charge < -0.3 is 18.9 Å². The van der Waals surface area contributed by atoms with E-state index >= 15 is 0 Å². The van der Waals surface area contributed by atoms with Gasteiger partial charge in [0.2, 0.25) is 0 Å². The summed E-state index contributed by atoms with van der Waals surface area (Å²) in [4.78, 5) is 9.47. The fraction of sp³-hybridized carbons (Fsp3) is 0.0851. The van der Waals surface area contributed by atoms with E-state index in [1.165, 1.54) is 32.7 Å². The van der Waals surface area contributed by atoms with Crippen molar-refractivity contribution in [1.82, 2.24) is 9.13 Å². The van der Waals surface area contributed by atoms with Crippen molar-refractivity contribution in [3.63, 3.8) is 0 Å². The molecule has 0 bridgehead atoms. The molecule has 18 rings (SSSR count). The maximum atomic E-state index is 11.3. The Hall–Kier alpha value is -12.7. The lowest BCUT2D eigenvalue weighted by atomic mass is 9.33. The van der Waals surface area contributed by atoms with Crippen LogP contribution in [-0.4, -0.2) is 15.8 Å². The Bertz CT molecular complexity index is 5720. The van der Waals surface area contributed by atoms with Gasteiger partial charge in [-0.2, -0.15) is 5.26 Å². The molecule has 6 nitrogen and oxygen atoms in total. The second kappa shape index (κ2) is 23.5. The van der Waals surface area contributed by atoms with Crippen molar-refractivity contribution in [3.8, 4) is 73.1 Å². The van der Waals surface area contributed by atoms with Gasteiger partial charge in [0.15, 0.2) is 5.69 Å². The average molecular weight is 1290 g/mol. The maximum Gasteiger partial charge on any atom is 0.252 e. The highest BCUT2D eigenvalue weighted by molar-refractivity contribution is 7.00. The minimum absolute atomic E-state index is 0.162. The van der Waals surface area contributed by atoms with Crippen LogP contribution in [0.2, 0.25) is 0 Å². The Morgan fingerprint density at radius 3 is 1.19 bits per heavy atom. The topological polar surface area (TPSA) is 44.5 Å². The second-order valence-electron chi connectivity index (χ2n) is 29.0. The molecule has 16 aromatic rings. The Labute approximate surface area is 590 Å². The second-order valence-corrected chi connectivity index (χ2v) is 29.0. The smallest absolute Gasteiger partial charge is 0.252 e. The zero-order chi connectivity index (χ0) is 68.4. The Balaban J connectivity index is 1.04. The molecule has 0 atom stereocenters. The maximum absolute atomic E-state index is 11.3. The van der Waals surface area contributed by atoms with Crippen LogP contribution in [0.5, 0.6) is 0 Å². The van der Waals surface area contributed by atoms with Crippen LogP contribution >= 0.6 is 0 Å². The van der Waals surface area contributed by atoms with E-state index in [1.807, 2.05) is 24.3 Å². The van der Waals surface area contributed by atoms with Gasteiger partial charge in [0.25, 0.3) is 6.71 Å². The molecular weight excluding hydrogens is 1220 g/mol. The lowest BCUT2D eigenvalue weighted by molar-refractivity contribution is 0.590. The molecule has 2 aliphatic rings. The van der Waals surface area contributed by atoms with Crippen molar-refractivity contribution in [2.75, 3.05) is 9.80 Å². The number of nitriles is 1. The molecule has 101 heavy (non-hydrogen) atoms. The monoisotopic (exact) mass is 1290 g/mol. The van der Waals surface area contributed by atoms with Crippen molar-refractivity contribution in [3.05, 3.63) is 337 Å². The lowest BCUT2D eigenvalue weighted by Crippen LogP contribution is -2.61. The number of rotatable bonds is 9. The first-order valence-corrected chi connectivity index (χ1v) is 34.9. The van der Waals surface area contributed by atoms with Crippen LogP contribution < -0.4 is 26.2 Å². The van der Waals surface area contributed by atoms with Gasteiger partial charge in [0, 0.05) is 77.9 Å². The molecule has 0 saturated heterocycles. The van der Waals surface area contributed by atoms with Gasteiger partial charge in [-0.05, 0) is 138 Å². The van der Waals surface area contributed by atoms with E-state index in [4.69, 9.17) is 6.57 Å². The van der Waals surface area contributed by atoms with Crippen molar-refractivity contribution < 1.29 is 0 Å². The van der Waals surface area contributed by atoms with Crippen LogP contribution in [-0.2, 0) is 10.8 Å². The molecule has 0 saturated carbocycles. The van der Waals surface area contributed by atoms with Gasteiger partial charge in [-0.1, -0.05) is 284 Å². The predicted molar refractivity (Wildman–Crippen MR) is 425 cm³/mol. The van der Waals surface area contributed by atoms with Crippen molar-refractivity contribution in [1.29, 1.82) is 5.26 Å². The van der Waals surface area contributed by atoms with E-state index in [0.717, 1.165) is 140 Å². The lowest BCUT2D eigenvalue weighted by Gasteiger charge is -2.46. The third-order valence-corrected chi connectivity index (χ3v) is 21.1. The predicted octanol–water partition coefficient (Wildman–Crippen LogP) is 23.3. The molecule has 0 radical (unpaired) electrons. The number of nitrogens with zero attached hydrogens (tertiary/aromatic N) is 6. The summed E-state index contributed by atoms with van der Waals surface area (Å²) in [5, 5.41) is 16.1. The Morgan fingerprint density at radius 2 is 0.723 bits per heavy atom. The largest absolute Gasteiger partial charge is 0.310 e. The minimum atomic E-state index is -0.344.